The lowest BCUT2D eigenvalue weighted by atomic mass is 10.2. The van der Waals surface area contributed by atoms with Gasteiger partial charge in [-0.15, -0.1) is 0 Å². The van der Waals surface area contributed by atoms with Crippen molar-refractivity contribution in [1.29, 1.82) is 0 Å². The summed E-state index contributed by atoms with van der Waals surface area (Å²) < 4.78 is 1.86. The summed E-state index contributed by atoms with van der Waals surface area (Å²) in [5.74, 6) is 0.798. The lowest BCUT2D eigenvalue weighted by molar-refractivity contribution is 0.0572. The molecule has 5 heteroatoms. The molecule has 100 valence electrons. The van der Waals surface area contributed by atoms with Gasteiger partial charge in [-0.25, -0.2) is 0 Å². The van der Waals surface area contributed by atoms with E-state index >= 15 is 0 Å². The van der Waals surface area contributed by atoms with Gasteiger partial charge < -0.3 is 15.1 Å². The summed E-state index contributed by atoms with van der Waals surface area (Å²) >= 11 is 0. The van der Waals surface area contributed by atoms with Crippen LogP contribution in [-0.4, -0.2) is 45.3 Å². The van der Waals surface area contributed by atoms with Crippen molar-refractivity contribution >= 4 is 5.82 Å². The third-order valence-corrected chi connectivity index (χ3v) is 3.40. The maximum atomic E-state index is 9.55. The zero-order chi connectivity index (χ0) is 13.2. The Morgan fingerprint density at radius 2 is 1.74 bits per heavy atom. The molecule has 0 radical (unpaired) electrons. The van der Waals surface area contributed by atoms with Crippen molar-refractivity contribution in [2.24, 2.45) is 0 Å². The summed E-state index contributed by atoms with van der Waals surface area (Å²) in [6.45, 7) is 1.59. The molecular weight excluding hydrogens is 242 g/mol. The average molecular weight is 259 g/mol. The topological polar surface area (TPSA) is 61.5 Å². The molecule has 2 atom stereocenters. The summed E-state index contributed by atoms with van der Waals surface area (Å²) in [7, 11) is 0. The molecule has 19 heavy (non-hydrogen) atoms. The van der Waals surface area contributed by atoms with Gasteiger partial charge in [0.15, 0.2) is 5.82 Å². The Morgan fingerprint density at radius 3 is 2.42 bits per heavy atom. The fraction of sp³-hybridized carbons (Fsp3) is 0.357. The van der Waals surface area contributed by atoms with Gasteiger partial charge in [0.25, 0.3) is 0 Å². The Hall–Kier alpha value is -1.85. The van der Waals surface area contributed by atoms with Crippen LogP contribution in [0.2, 0.25) is 0 Å². The Morgan fingerprint density at radius 1 is 1.05 bits per heavy atom. The molecule has 0 saturated carbocycles. The molecule has 1 saturated heterocycles. The first-order chi connectivity index (χ1) is 9.22. The average Bonchev–Trinajstić information content (AvgIpc) is 2.99. The summed E-state index contributed by atoms with van der Waals surface area (Å²) in [4.78, 5) is 1.90. The van der Waals surface area contributed by atoms with Gasteiger partial charge in [-0.05, 0) is 5.56 Å². The van der Waals surface area contributed by atoms with Crippen LogP contribution in [0.5, 0.6) is 0 Å². The van der Waals surface area contributed by atoms with E-state index in [1.165, 1.54) is 5.56 Å². The highest BCUT2D eigenvalue weighted by atomic mass is 16.3. The molecule has 0 spiro atoms. The van der Waals surface area contributed by atoms with E-state index in [0.29, 0.717) is 13.1 Å². The van der Waals surface area contributed by atoms with E-state index in [1.54, 1.807) is 0 Å². The normalized spacial score (nSPS) is 22.9. The zero-order valence-electron chi connectivity index (χ0n) is 10.6. The number of hydrogen-bond acceptors (Lipinski definition) is 4. The molecule has 2 unspecified atom stereocenters. The number of aliphatic hydroxyl groups is 2. The van der Waals surface area contributed by atoms with E-state index in [9.17, 15) is 10.2 Å². The first kappa shape index (κ1) is 12.2. The number of benzene rings is 1. The minimum atomic E-state index is -0.681. The predicted molar refractivity (Wildman–Crippen MR) is 72.0 cm³/mol. The van der Waals surface area contributed by atoms with Crippen LogP contribution < -0.4 is 4.90 Å². The van der Waals surface area contributed by atoms with Crippen LogP contribution in [0.4, 0.5) is 5.82 Å². The van der Waals surface area contributed by atoms with E-state index < -0.39 is 12.2 Å². The van der Waals surface area contributed by atoms with E-state index in [4.69, 9.17) is 0 Å². The van der Waals surface area contributed by atoms with E-state index in [2.05, 4.69) is 17.2 Å². The first-order valence-electron chi connectivity index (χ1n) is 6.41. The fourth-order valence-electron chi connectivity index (χ4n) is 2.33. The minimum absolute atomic E-state index is 0.434. The fourth-order valence-corrected chi connectivity index (χ4v) is 2.33. The van der Waals surface area contributed by atoms with Gasteiger partial charge in [-0.3, -0.25) is 4.68 Å². The van der Waals surface area contributed by atoms with Crippen molar-refractivity contribution in [2.75, 3.05) is 18.0 Å². The second kappa shape index (κ2) is 5.03. The summed E-state index contributed by atoms with van der Waals surface area (Å²) in [5, 5.41) is 23.6. The SMILES string of the molecule is OC1CN(c2ccn(Cc3ccccc3)n2)CC1O. The standard InChI is InChI=1S/C14H17N3O2/c18-12-9-16(10-13(12)19)14-6-7-17(15-14)8-11-4-2-1-3-5-11/h1-7,12-13,18-19H,8-10H2. The van der Waals surface area contributed by atoms with Gasteiger partial charge in [0, 0.05) is 25.4 Å². The molecule has 0 aliphatic carbocycles. The third-order valence-electron chi connectivity index (χ3n) is 3.40. The van der Waals surface area contributed by atoms with Crippen molar-refractivity contribution < 1.29 is 10.2 Å². The highest BCUT2D eigenvalue weighted by Gasteiger charge is 2.30. The maximum Gasteiger partial charge on any atom is 0.150 e. The Labute approximate surface area is 111 Å². The Bertz CT molecular complexity index is 531. The molecule has 1 aromatic heterocycles. The molecule has 2 heterocycles. The first-order valence-corrected chi connectivity index (χ1v) is 6.41. The highest BCUT2D eigenvalue weighted by molar-refractivity contribution is 5.39. The third kappa shape index (κ3) is 2.62. The van der Waals surface area contributed by atoms with Gasteiger partial charge in [-0.2, -0.15) is 5.10 Å². The molecule has 0 amide bonds. The Kier molecular flexibility index (Phi) is 3.23. The second-order valence-electron chi connectivity index (χ2n) is 4.90. The van der Waals surface area contributed by atoms with E-state index in [0.717, 1.165) is 12.4 Å². The molecule has 1 aromatic carbocycles. The monoisotopic (exact) mass is 259 g/mol. The molecular formula is C14H17N3O2. The van der Waals surface area contributed by atoms with Crippen molar-refractivity contribution in [3.05, 3.63) is 48.2 Å². The van der Waals surface area contributed by atoms with Gasteiger partial charge in [0.2, 0.25) is 0 Å². The van der Waals surface area contributed by atoms with Crippen LogP contribution in [0.25, 0.3) is 0 Å². The van der Waals surface area contributed by atoms with Crippen molar-refractivity contribution in [3.63, 3.8) is 0 Å². The number of aliphatic hydroxyl groups excluding tert-OH is 2. The number of nitrogens with zero attached hydrogens (tertiary/aromatic N) is 3. The lowest BCUT2D eigenvalue weighted by Gasteiger charge is -2.13. The van der Waals surface area contributed by atoms with E-state index in [-0.39, 0.29) is 0 Å². The van der Waals surface area contributed by atoms with Crippen LogP contribution >= 0.6 is 0 Å². The predicted octanol–water partition coefficient (Wildman–Crippen LogP) is 0.473. The van der Waals surface area contributed by atoms with Gasteiger partial charge in [0.1, 0.15) is 0 Å². The van der Waals surface area contributed by atoms with E-state index in [1.807, 2.05) is 40.0 Å². The largest absolute Gasteiger partial charge is 0.389 e. The smallest absolute Gasteiger partial charge is 0.150 e. The molecule has 0 bridgehead atoms. The van der Waals surface area contributed by atoms with Crippen LogP contribution in [0, 0.1) is 0 Å². The van der Waals surface area contributed by atoms with Crippen LogP contribution in [0.15, 0.2) is 42.6 Å². The van der Waals surface area contributed by atoms with Gasteiger partial charge in [0.05, 0.1) is 18.8 Å². The summed E-state index contributed by atoms with van der Waals surface area (Å²) in [6, 6.07) is 12.0. The maximum absolute atomic E-state index is 9.55. The number of rotatable bonds is 3. The van der Waals surface area contributed by atoms with Crippen LogP contribution in [0.3, 0.4) is 0 Å². The lowest BCUT2D eigenvalue weighted by Crippen LogP contribution is -2.22. The zero-order valence-corrected chi connectivity index (χ0v) is 10.6. The Balaban J connectivity index is 1.70. The van der Waals surface area contributed by atoms with Crippen LogP contribution in [-0.2, 0) is 6.54 Å². The molecule has 5 nitrogen and oxygen atoms in total. The molecule has 2 aromatic rings. The minimum Gasteiger partial charge on any atom is -0.389 e. The molecule has 2 N–H and O–H groups in total. The molecule has 1 aliphatic heterocycles. The number of β-amino-alcohol motifs (C(OH)–C–C–N with tert-alkyl or cyclic N) is 2. The summed E-state index contributed by atoms with van der Waals surface area (Å²) in [6.07, 6.45) is 0.554. The highest BCUT2D eigenvalue weighted by Crippen LogP contribution is 2.18. The summed E-state index contributed by atoms with van der Waals surface area (Å²) in [5.41, 5.74) is 1.19. The van der Waals surface area contributed by atoms with Crippen molar-refractivity contribution in [3.8, 4) is 0 Å². The number of anilines is 1. The molecule has 3 rings (SSSR count). The second-order valence-corrected chi connectivity index (χ2v) is 4.90. The van der Waals surface area contributed by atoms with Gasteiger partial charge >= 0.3 is 0 Å². The molecule has 1 fully saturated rings. The molecule has 1 aliphatic rings. The van der Waals surface area contributed by atoms with Crippen molar-refractivity contribution in [1.82, 2.24) is 9.78 Å². The quantitative estimate of drug-likeness (QED) is 0.841. The number of hydrogen-bond donors (Lipinski definition) is 2. The van der Waals surface area contributed by atoms with Crippen LogP contribution in [0.1, 0.15) is 5.56 Å². The number of aromatic nitrogens is 2. The van der Waals surface area contributed by atoms with Crippen molar-refractivity contribution in [2.45, 2.75) is 18.8 Å². The van der Waals surface area contributed by atoms with Gasteiger partial charge in [-0.1, -0.05) is 30.3 Å².